The molecule has 0 bridgehead atoms. The minimum atomic E-state index is -2.04. The number of methoxy groups -OCH3 is 3. The lowest BCUT2D eigenvalue weighted by molar-refractivity contribution is -0.304. The molecular formula is C18H36O7Si. The van der Waals surface area contributed by atoms with Crippen molar-refractivity contribution in [2.45, 2.75) is 82.9 Å². The summed E-state index contributed by atoms with van der Waals surface area (Å²) in [6.07, 6.45) is -4.24. The largest absolute Gasteiger partial charge is 0.457 e. The fraction of sp³-hybridized carbons (Fsp3) is 0.944. The van der Waals surface area contributed by atoms with Gasteiger partial charge in [0.05, 0.1) is 6.61 Å². The average Bonchev–Trinajstić information content (AvgIpc) is 2.58. The molecule has 0 radical (unpaired) electrons. The van der Waals surface area contributed by atoms with Gasteiger partial charge in [0, 0.05) is 29.1 Å². The minimum Gasteiger partial charge on any atom is -0.457 e. The molecule has 0 aromatic carbocycles. The van der Waals surface area contributed by atoms with Gasteiger partial charge >= 0.3 is 5.97 Å². The van der Waals surface area contributed by atoms with Gasteiger partial charge in [-0.05, 0) is 18.1 Å². The molecule has 1 rings (SSSR count). The molecule has 8 heteroatoms. The van der Waals surface area contributed by atoms with E-state index < -0.39 is 51.4 Å². The summed E-state index contributed by atoms with van der Waals surface area (Å²) in [4.78, 5) is 12.1. The number of rotatable bonds is 8. The van der Waals surface area contributed by atoms with E-state index in [1.54, 1.807) is 0 Å². The standard InChI is InChI=1S/C18H36O7Si/c1-10-13(19)25-14-12(11-23-26(8,9)18(2,3)4)24-17(22-7)16(21-6)15(14)20-5/h12,14-17H,10-11H2,1-9H3/t12-,14-,15+,16-,17?/m1/s1/i10D/t10?,12-,14-,15+,16-,17?. The van der Waals surface area contributed by atoms with Crippen molar-refractivity contribution in [1.29, 1.82) is 0 Å². The quantitative estimate of drug-likeness (QED) is 0.464. The van der Waals surface area contributed by atoms with E-state index >= 15 is 0 Å². The Bertz CT molecular complexity index is 481. The van der Waals surface area contributed by atoms with Crippen LogP contribution in [0, 0.1) is 0 Å². The van der Waals surface area contributed by atoms with Crippen LogP contribution in [0.3, 0.4) is 0 Å². The molecular weight excluding hydrogens is 356 g/mol. The van der Waals surface area contributed by atoms with E-state index in [0.717, 1.165) is 0 Å². The molecule has 1 heterocycles. The Hall–Kier alpha value is -0.513. The molecule has 0 amide bonds. The third-order valence-electron chi connectivity index (χ3n) is 5.27. The Morgan fingerprint density at radius 2 is 1.65 bits per heavy atom. The van der Waals surface area contributed by atoms with E-state index in [0.29, 0.717) is 0 Å². The zero-order valence-electron chi connectivity index (χ0n) is 18.5. The molecule has 0 aliphatic carbocycles. The summed E-state index contributed by atoms with van der Waals surface area (Å²) in [6, 6.07) is 0. The molecule has 7 nitrogen and oxygen atoms in total. The molecule has 0 N–H and O–H groups in total. The van der Waals surface area contributed by atoms with Crippen molar-refractivity contribution in [1.82, 2.24) is 0 Å². The van der Waals surface area contributed by atoms with Gasteiger partial charge in [-0.25, -0.2) is 0 Å². The summed E-state index contributed by atoms with van der Waals surface area (Å²) < 4.78 is 41.9. The summed E-state index contributed by atoms with van der Waals surface area (Å²) in [6.45, 7) is 12.4. The van der Waals surface area contributed by atoms with Crippen LogP contribution in [0.2, 0.25) is 18.1 Å². The van der Waals surface area contributed by atoms with Gasteiger partial charge in [-0.15, -0.1) is 0 Å². The van der Waals surface area contributed by atoms with Crippen LogP contribution >= 0.6 is 0 Å². The van der Waals surface area contributed by atoms with E-state index in [-0.39, 0.29) is 11.6 Å². The van der Waals surface area contributed by atoms with Gasteiger partial charge < -0.3 is 28.1 Å². The highest BCUT2D eigenvalue weighted by atomic mass is 28.4. The third-order valence-corrected chi connectivity index (χ3v) is 9.77. The molecule has 26 heavy (non-hydrogen) atoms. The molecule has 0 aromatic rings. The van der Waals surface area contributed by atoms with Gasteiger partial charge in [-0.3, -0.25) is 4.79 Å². The number of esters is 1. The van der Waals surface area contributed by atoms with Crippen LogP contribution in [0.5, 0.6) is 0 Å². The van der Waals surface area contributed by atoms with Gasteiger partial charge in [0.15, 0.2) is 20.7 Å². The molecule has 0 aromatic heterocycles. The van der Waals surface area contributed by atoms with E-state index in [4.69, 9.17) is 29.5 Å². The molecule has 0 saturated carbocycles. The number of ether oxygens (including phenoxy) is 5. The topological polar surface area (TPSA) is 72.5 Å². The lowest BCUT2D eigenvalue weighted by Gasteiger charge is -2.45. The highest BCUT2D eigenvalue weighted by Gasteiger charge is 2.50. The van der Waals surface area contributed by atoms with Crippen LogP contribution in [-0.4, -0.2) is 72.9 Å². The zero-order chi connectivity index (χ0) is 21.0. The monoisotopic (exact) mass is 393 g/mol. The van der Waals surface area contributed by atoms with Crippen LogP contribution in [-0.2, 0) is 32.9 Å². The van der Waals surface area contributed by atoms with E-state index in [2.05, 4.69) is 33.9 Å². The van der Waals surface area contributed by atoms with Gasteiger partial charge in [0.2, 0.25) is 0 Å². The molecule has 2 unspecified atom stereocenters. The summed E-state index contributed by atoms with van der Waals surface area (Å²) >= 11 is 0. The summed E-state index contributed by atoms with van der Waals surface area (Å²) in [5.74, 6) is -0.645. The highest BCUT2D eigenvalue weighted by Crippen LogP contribution is 2.37. The molecule has 154 valence electrons. The van der Waals surface area contributed by atoms with Crippen LogP contribution in [0.1, 0.15) is 35.5 Å². The van der Waals surface area contributed by atoms with Gasteiger partial charge in [-0.1, -0.05) is 27.7 Å². The second-order valence-corrected chi connectivity index (χ2v) is 12.8. The van der Waals surface area contributed by atoms with Crippen LogP contribution < -0.4 is 0 Å². The van der Waals surface area contributed by atoms with Crippen molar-refractivity contribution in [3.05, 3.63) is 0 Å². The van der Waals surface area contributed by atoms with Crippen LogP contribution in [0.4, 0.5) is 0 Å². The Kier molecular flexibility index (Phi) is 8.05. The van der Waals surface area contributed by atoms with E-state index in [1.165, 1.54) is 28.3 Å². The second-order valence-electron chi connectivity index (χ2n) is 7.94. The van der Waals surface area contributed by atoms with Crippen molar-refractivity contribution in [2.24, 2.45) is 0 Å². The Balaban J connectivity index is 3.08. The van der Waals surface area contributed by atoms with Crippen molar-refractivity contribution < 1.29 is 34.3 Å². The number of hydrogen-bond donors (Lipinski definition) is 0. The Labute approximate surface area is 160 Å². The lowest BCUT2D eigenvalue weighted by atomic mass is 9.98. The molecule has 1 fully saturated rings. The number of hydrogen-bond acceptors (Lipinski definition) is 7. The highest BCUT2D eigenvalue weighted by molar-refractivity contribution is 6.74. The normalized spacial score (nSPS) is 32.0. The maximum absolute atomic E-state index is 12.1. The van der Waals surface area contributed by atoms with E-state index in [1.807, 2.05) is 0 Å². The maximum atomic E-state index is 12.1. The SMILES string of the molecule is [2H]C(C)C(=O)O[C@H]1[C@H](OC)[C@@H](OC)C(OC)O[C@@H]1CO[Si](C)(C)C(C)(C)C. The fourth-order valence-corrected chi connectivity index (χ4v) is 3.58. The second kappa shape index (κ2) is 9.61. The number of carbonyl (C=O) groups excluding carboxylic acids is 1. The predicted octanol–water partition coefficient (Wildman–Crippen LogP) is 2.73. The average molecular weight is 394 g/mol. The van der Waals surface area contributed by atoms with Crippen LogP contribution in [0.15, 0.2) is 0 Å². The van der Waals surface area contributed by atoms with Crippen molar-refractivity contribution in [2.75, 3.05) is 27.9 Å². The first kappa shape index (κ1) is 21.8. The van der Waals surface area contributed by atoms with Gasteiger partial charge in [-0.2, -0.15) is 0 Å². The molecule has 1 aliphatic heterocycles. The van der Waals surface area contributed by atoms with Gasteiger partial charge in [0.25, 0.3) is 0 Å². The lowest BCUT2D eigenvalue weighted by Crippen LogP contribution is -2.62. The summed E-state index contributed by atoms with van der Waals surface area (Å²) in [7, 11) is 2.52. The smallest absolute Gasteiger partial charge is 0.305 e. The molecule has 0 spiro atoms. The molecule has 1 saturated heterocycles. The molecule has 6 atom stereocenters. The van der Waals surface area contributed by atoms with Crippen LogP contribution in [0.25, 0.3) is 0 Å². The number of carbonyl (C=O) groups is 1. The first-order chi connectivity index (χ1) is 12.4. The Morgan fingerprint density at radius 3 is 2.08 bits per heavy atom. The van der Waals surface area contributed by atoms with Crippen molar-refractivity contribution in [3.8, 4) is 0 Å². The summed E-state index contributed by atoms with van der Waals surface area (Å²) in [5.41, 5.74) is 0. The van der Waals surface area contributed by atoms with Crippen molar-refractivity contribution >= 4 is 14.3 Å². The van der Waals surface area contributed by atoms with Crippen molar-refractivity contribution in [3.63, 3.8) is 0 Å². The third kappa shape index (κ3) is 5.50. The molecule has 1 aliphatic rings. The zero-order valence-corrected chi connectivity index (χ0v) is 18.5. The predicted molar refractivity (Wildman–Crippen MR) is 101 cm³/mol. The van der Waals surface area contributed by atoms with Gasteiger partial charge in [0.1, 0.15) is 18.3 Å². The maximum Gasteiger partial charge on any atom is 0.305 e. The minimum absolute atomic E-state index is 0.0277. The summed E-state index contributed by atoms with van der Waals surface area (Å²) in [5, 5.41) is 0.0277. The first-order valence-electron chi connectivity index (χ1n) is 9.47. The fourth-order valence-electron chi connectivity index (χ4n) is 2.57. The first-order valence-corrected chi connectivity index (χ1v) is 11.8. The van der Waals surface area contributed by atoms with E-state index in [9.17, 15) is 4.79 Å². The Morgan fingerprint density at radius 1 is 1.08 bits per heavy atom.